The summed E-state index contributed by atoms with van der Waals surface area (Å²) >= 11 is 0. The predicted molar refractivity (Wildman–Crippen MR) is 102 cm³/mol. The third-order valence-electron chi connectivity index (χ3n) is 3.98. The number of ether oxygens (including phenoxy) is 1. The molecule has 0 atom stereocenters. The van der Waals surface area contributed by atoms with E-state index in [0.717, 1.165) is 11.1 Å². The van der Waals surface area contributed by atoms with E-state index in [1.165, 1.54) is 7.11 Å². The van der Waals surface area contributed by atoms with Crippen molar-refractivity contribution in [2.45, 2.75) is 6.92 Å². The highest BCUT2D eigenvalue weighted by Crippen LogP contribution is 2.17. The van der Waals surface area contributed by atoms with Crippen LogP contribution >= 0.6 is 0 Å². The number of aryl methyl sites for hydroxylation is 1. The lowest BCUT2D eigenvalue weighted by Crippen LogP contribution is -2.34. The number of rotatable bonds is 7. The number of carbonyl (C=O) groups excluding carboxylic acids is 2. The molecule has 0 saturated heterocycles. The van der Waals surface area contributed by atoms with Crippen LogP contribution in [0.5, 0.6) is 5.75 Å². The Bertz CT molecular complexity index is 966. The minimum atomic E-state index is -0.502. The van der Waals surface area contributed by atoms with Gasteiger partial charge in [-0.3, -0.25) is 9.59 Å². The maximum absolute atomic E-state index is 12.2. The van der Waals surface area contributed by atoms with Gasteiger partial charge in [-0.2, -0.15) is 4.98 Å². The molecule has 0 fully saturated rings. The predicted octanol–water partition coefficient (Wildman–Crippen LogP) is 2.21. The molecule has 3 rings (SSSR count). The molecule has 0 spiro atoms. The first kappa shape index (κ1) is 19.1. The van der Waals surface area contributed by atoms with Crippen molar-refractivity contribution in [3.05, 3.63) is 65.5 Å². The van der Waals surface area contributed by atoms with Crippen LogP contribution < -0.4 is 15.4 Å². The Morgan fingerprint density at radius 2 is 1.68 bits per heavy atom. The maximum atomic E-state index is 12.2. The lowest BCUT2D eigenvalue weighted by atomic mass is 10.1. The van der Waals surface area contributed by atoms with Crippen LogP contribution in [0.1, 0.15) is 26.6 Å². The smallest absolute Gasteiger partial charge is 0.316 e. The first-order valence-corrected chi connectivity index (χ1v) is 8.68. The number of amides is 2. The summed E-state index contributed by atoms with van der Waals surface area (Å²) in [6, 6.07) is 14.5. The van der Waals surface area contributed by atoms with Crippen molar-refractivity contribution in [2.75, 3.05) is 20.2 Å². The van der Waals surface area contributed by atoms with Crippen LogP contribution in [0.25, 0.3) is 11.4 Å². The van der Waals surface area contributed by atoms with E-state index in [9.17, 15) is 9.59 Å². The van der Waals surface area contributed by atoms with E-state index in [1.54, 1.807) is 24.3 Å². The zero-order valence-electron chi connectivity index (χ0n) is 15.6. The highest BCUT2D eigenvalue weighted by Gasteiger charge is 2.16. The summed E-state index contributed by atoms with van der Waals surface area (Å²) in [5.41, 5.74) is 2.30. The van der Waals surface area contributed by atoms with Gasteiger partial charge in [-0.25, -0.2) is 0 Å². The molecule has 28 heavy (non-hydrogen) atoms. The molecule has 0 unspecified atom stereocenters. The maximum Gasteiger partial charge on any atom is 0.316 e. The number of aromatic nitrogens is 2. The summed E-state index contributed by atoms with van der Waals surface area (Å²) in [4.78, 5) is 28.4. The zero-order chi connectivity index (χ0) is 19.9. The number of benzene rings is 2. The van der Waals surface area contributed by atoms with E-state index < -0.39 is 5.91 Å². The molecular formula is C20H20N4O4. The fourth-order valence-corrected chi connectivity index (χ4v) is 2.49. The molecule has 1 aromatic heterocycles. The van der Waals surface area contributed by atoms with Gasteiger partial charge in [0.15, 0.2) is 0 Å². The molecule has 3 aromatic rings. The third kappa shape index (κ3) is 4.53. The highest BCUT2D eigenvalue weighted by molar-refractivity contribution is 5.97. The van der Waals surface area contributed by atoms with Crippen LogP contribution in [-0.2, 0) is 0 Å². The quantitative estimate of drug-likeness (QED) is 0.609. The molecule has 2 N–H and O–H groups in total. The topological polar surface area (TPSA) is 106 Å². The lowest BCUT2D eigenvalue weighted by molar-refractivity contribution is 0.0897. The van der Waals surface area contributed by atoms with Crippen LogP contribution in [0.15, 0.2) is 53.1 Å². The Hall–Kier alpha value is -3.68. The Balaban J connectivity index is 1.49. The number of methoxy groups -OCH3 is 1. The van der Waals surface area contributed by atoms with Crippen molar-refractivity contribution in [3.63, 3.8) is 0 Å². The molecular weight excluding hydrogens is 360 g/mol. The van der Waals surface area contributed by atoms with Gasteiger partial charge in [0, 0.05) is 18.7 Å². The average Bonchev–Trinajstić information content (AvgIpc) is 3.21. The van der Waals surface area contributed by atoms with E-state index in [2.05, 4.69) is 20.8 Å². The van der Waals surface area contributed by atoms with E-state index in [0.29, 0.717) is 17.1 Å². The molecule has 0 aliphatic heterocycles. The molecule has 0 bridgehead atoms. The molecule has 8 nitrogen and oxygen atoms in total. The second-order valence-corrected chi connectivity index (χ2v) is 6.00. The number of nitrogens with zero attached hydrogens (tertiary/aromatic N) is 2. The number of para-hydroxylation sites is 1. The Labute approximate surface area is 161 Å². The van der Waals surface area contributed by atoms with Crippen LogP contribution in [-0.4, -0.2) is 42.2 Å². The van der Waals surface area contributed by atoms with Crippen molar-refractivity contribution in [1.82, 2.24) is 20.8 Å². The Morgan fingerprint density at radius 3 is 2.39 bits per heavy atom. The summed E-state index contributed by atoms with van der Waals surface area (Å²) in [7, 11) is 1.50. The standard InChI is InChI=1S/C20H20N4O4/c1-13-7-9-14(10-8-13)17-23-20(28-24-17)19(26)22-12-11-21-18(25)15-5-3-4-6-16(15)27-2/h3-10H,11-12H2,1-2H3,(H,21,25)(H,22,26). The summed E-state index contributed by atoms with van der Waals surface area (Å²) in [6.45, 7) is 2.43. The van der Waals surface area contributed by atoms with Gasteiger partial charge < -0.3 is 19.9 Å². The van der Waals surface area contributed by atoms with Crippen molar-refractivity contribution < 1.29 is 18.8 Å². The molecule has 0 saturated carbocycles. The second kappa shape index (κ2) is 8.81. The average molecular weight is 380 g/mol. The first-order valence-electron chi connectivity index (χ1n) is 8.68. The van der Waals surface area contributed by atoms with Gasteiger partial charge >= 0.3 is 11.8 Å². The van der Waals surface area contributed by atoms with Crippen molar-refractivity contribution in [3.8, 4) is 17.1 Å². The van der Waals surface area contributed by atoms with Gasteiger partial charge in [-0.1, -0.05) is 47.1 Å². The summed E-state index contributed by atoms with van der Waals surface area (Å²) in [5, 5.41) is 9.17. The van der Waals surface area contributed by atoms with Gasteiger partial charge in [0.2, 0.25) is 5.82 Å². The molecule has 0 aliphatic carbocycles. The fraction of sp³-hybridized carbons (Fsp3) is 0.200. The van der Waals surface area contributed by atoms with Crippen molar-refractivity contribution in [1.29, 1.82) is 0 Å². The monoisotopic (exact) mass is 380 g/mol. The second-order valence-electron chi connectivity index (χ2n) is 6.00. The molecule has 2 amide bonds. The van der Waals surface area contributed by atoms with Gasteiger partial charge in [-0.15, -0.1) is 0 Å². The van der Waals surface area contributed by atoms with Gasteiger partial charge in [0.05, 0.1) is 12.7 Å². The van der Waals surface area contributed by atoms with Gasteiger partial charge in [0.1, 0.15) is 5.75 Å². The van der Waals surface area contributed by atoms with Crippen LogP contribution in [0, 0.1) is 6.92 Å². The van der Waals surface area contributed by atoms with Crippen LogP contribution in [0.3, 0.4) is 0 Å². The summed E-state index contributed by atoms with van der Waals surface area (Å²) in [5.74, 6) is -0.0941. The van der Waals surface area contributed by atoms with E-state index in [4.69, 9.17) is 9.26 Å². The van der Waals surface area contributed by atoms with Crippen LogP contribution in [0.2, 0.25) is 0 Å². The molecule has 0 aliphatic rings. The van der Waals surface area contributed by atoms with Crippen molar-refractivity contribution >= 4 is 11.8 Å². The number of carbonyl (C=O) groups is 2. The normalized spacial score (nSPS) is 10.4. The molecule has 1 heterocycles. The zero-order valence-corrected chi connectivity index (χ0v) is 15.6. The Morgan fingerprint density at radius 1 is 1.00 bits per heavy atom. The number of hydrogen-bond acceptors (Lipinski definition) is 6. The summed E-state index contributed by atoms with van der Waals surface area (Å²) in [6.07, 6.45) is 0. The van der Waals surface area contributed by atoms with Crippen molar-refractivity contribution in [2.24, 2.45) is 0 Å². The molecule has 2 aromatic carbocycles. The number of nitrogens with one attached hydrogen (secondary N) is 2. The van der Waals surface area contributed by atoms with E-state index in [1.807, 2.05) is 31.2 Å². The van der Waals surface area contributed by atoms with E-state index in [-0.39, 0.29) is 24.9 Å². The Kier molecular flexibility index (Phi) is 6.01. The lowest BCUT2D eigenvalue weighted by Gasteiger charge is -2.09. The summed E-state index contributed by atoms with van der Waals surface area (Å²) < 4.78 is 10.2. The van der Waals surface area contributed by atoms with Gasteiger partial charge in [-0.05, 0) is 19.1 Å². The largest absolute Gasteiger partial charge is 0.496 e. The molecule has 0 radical (unpaired) electrons. The highest BCUT2D eigenvalue weighted by atomic mass is 16.5. The number of hydrogen-bond donors (Lipinski definition) is 2. The molecule has 8 heteroatoms. The SMILES string of the molecule is COc1ccccc1C(=O)NCCNC(=O)c1nc(-c2ccc(C)cc2)no1. The minimum absolute atomic E-state index is 0.133. The van der Waals surface area contributed by atoms with Crippen LogP contribution in [0.4, 0.5) is 0 Å². The van der Waals surface area contributed by atoms with E-state index >= 15 is 0 Å². The fourth-order valence-electron chi connectivity index (χ4n) is 2.49. The third-order valence-corrected chi connectivity index (χ3v) is 3.98. The molecule has 144 valence electrons. The van der Waals surface area contributed by atoms with Gasteiger partial charge in [0.25, 0.3) is 5.91 Å². The minimum Gasteiger partial charge on any atom is -0.496 e. The first-order chi connectivity index (χ1) is 13.6.